The Balaban J connectivity index is 1.38. The number of amides is 1. The van der Waals surface area contributed by atoms with Gasteiger partial charge in [-0.05, 0) is 61.7 Å². The quantitative estimate of drug-likeness (QED) is 0.574. The van der Waals surface area contributed by atoms with Gasteiger partial charge in [0.05, 0.1) is 11.7 Å². The van der Waals surface area contributed by atoms with Crippen LogP contribution in [-0.2, 0) is 11.3 Å². The van der Waals surface area contributed by atoms with Gasteiger partial charge in [-0.2, -0.15) is 5.10 Å². The summed E-state index contributed by atoms with van der Waals surface area (Å²) >= 11 is 0. The molecule has 2 heterocycles. The van der Waals surface area contributed by atoms with Crippen LogP contribution in [0.1, 0.15) is 24.0 Å². The normalized spacial score (nSPS) is 17.3. The molecule has 3 aromatic rings. The summed E-state index contributed by atoms with van der Waals surface area (Å²) in [6.45, 7) is 4.78. The molecule has 4 N–H and O–H groups in total. The lowest BCUT2D eigenvalue weighted by molar-refractivity contribution is -0.119. The SMILES string of the molecule is Cc1ccc(CN2CCCC(Nc3ccc4[nH]ncc4c3)C2)cc1OCC(N)=O. The maximum atomic E-state index is 11.0. The number of nitrogens with two attached hydrogens (primary N) is 1. The van der Waals surface area contributed by atoms with E-state index in [1.54, 1.807) is 0 Å². The maximum absolute atomic E-state index is 11.0. The second-order valence-electron chi connectivity index (χ2n) is 7.75. The van der Waals surface area contributed by atoms with E-state index in [2.05, 4.69) is 44.7 Å². The number of benzene rings is 2. The monoisotopic (exact) mass is 393 g/mol. The molecule has 152 valence electrons. The van der Waals surface area contributed by atoms with E-state index in [-0.39, 0.29) is 6.61 Å². The number of likely N-dealkylation sites (tertiary alicyclic amines) is 1. The molecule has 1 aliphatic heterocycles. The molecule has 1 unspecified atom stereocenters. The van der Waals surface area contributed by atoms with Crippen LogP contribution in [0, 0.1) is 6.92 Å². The van der Waals surface area contributed by atoms with Crippen molar-refractivity contribution in [2.24, 2.45) is 5.73 Å². The Morgan fingerprint density at radius 2 is 2.24 bits per heavy atom. The molecule has 1 saturated heterocycles. The summed E-state index contributed by atoms with van der Waals surface area (Å²) in [5, 5.41) is 11.9. The minimum absolute atomic E-state index is 0.0962. The van der Waals surface area contributed by atoms with Crippen molar-refractivity contribution >= 4 is 22.5 Å². The van der Waals surface area contributed by atoms with E-state index < -0.39 is 5.91 Å². The summed E-state index contributed by atoms with van der Waals surface area (Å²) in [5.41, 5.74) is 9.55. The molecule has 29 heavy (non-hydrogen) atoms. The summed E-state index contributed by atoms with van der Waals surface area (Å²) in [6.07, 6.45) is 4.16. The topological polar surface area (TPSA) is 96.3 Å². The summed E-state index contributed by atoms with van der Waals surface area (Å²) in [5.74, 6) is 0.259. The van der Waals surface area contributed by atoms with Crippen LogP contribution in [0.15, 0.2) is 42.6 Å². The minimum Gasteiger partial charge on any atom is -0.484 e. The van der Waals surface area contributed by atoms with Crippen LogP contribution in [0.3, 0.4) is 0 Å². The van der Waals surface area contributed by atoms with E-state index in [9.17, 15) is 4.79 Å². The second-order valence-corrected chi connectivity index (χ2v) is 7.75. The van der Waals surface area contributed by atoms with Crippen molar-refractivity contribution in [2.75, 3.05) is 25.0 Å². The number of ether oxygens (including phenoxy) is 1. The number of primary amides is 1. The number of carbonyl (C=O) groups excluding carboxylic acids is 1. The van der Waals surface area contributed by atoms with Crippen molar-refractivity contribution in [1.29, 1.82) is 0 Å². The van der Waals surface area contributed by atoms with Gasteiger partial charge < -0.3 is 15.8 Å². The fraction of sp³-hybridized carbons (Fsp3) is 0.364. The molecule has 7 nitrogen and oxygen atoms in total. The van der Waals surface area contributed by atoms with E-state index in [4.69, 9.17) is 10.5 Å². The van der Waals surface area contributed by atoms with Gasteiger partial charge in [0.1, 0.15) is 5.75 Å². The van der Waals surface area contributed by atoms with Crippen LogP contribution in [-0.4, -0.2) is 46.7 Å². The minimum atomic E-state index is -0.464. The van der Waals surface area contributed by atoms with Gasteiger partial charge in [0.25, 0.3) is 5.91 Å². The number of aryl methyl sites for hydroxylation is 1. The Bertz CT molecular complexity index is 1000. The van der Waals surface area contributed by atoms with Crippen LogP contribution < -0.4 is 15.8 Å². The molecule has 0 radical (unpaired) electrons. The van der Waals surface area contributed by atoms with Crippen LogP contribution in [0.5, 0.6) is 5.75 Å². The third kappa shape index (κ3) is 4.86. The molecule has 4 rings (SSSR count). The van der Waals surface area contributed by atoms with Crippen molar-refractivity contribution in [1.82, 2.24) is 15.1 Å². The molecule has 1 atom stereocenters. The Hall–Kier alpha value is -3.06. The zero-order valence-electron chi connectivity index (χ0n) is 16.6. The standard InChI is InChI=1S/C22H27N5O2/c1-15-4-5-16(9-21(15)29-14-22(23)28)12-27-8-2-3-19(13-27)25-18-6-7-20-17(10-18)11-24-26-20/h4-7,9-11,19,25H,2-3,8,12-14H2,1H3,(H2,23,28)(H,24,26). The Kier molecular flexibility index (Phi) is 5.67. The van der Waals surface area contributed by atoms with Crippen molar-refractivity contribution in [2.45, 2.75) is 32.4 Å². The molecule has 1 amide bonds. The lowest BCUT2D eigenvalue weighted by Gasteiger charge is -2.33. The number of aromatic nitrogens is 2. The predicted molar refractivity (Wildman–Crippen MR) is 114 cm³/mol. The maximum Gasteiger partial charge on any atom is 0.255 e. The fourth-order valence-electron chi connectivity index (χ4n) is 3.89. The highest BCUT2D eigenvalue weighted by Gasteiger charge is 2.20. The van der Waals surface area contributed by atoms with E-state index in [1.165, 1.54) is 5.56 Å². The first kappa shape index (κ1) is 19.3. The number of piperidine rings is 1. The molecular formula is C22H27N5O2. The Labute approximate surface area is 170 Å². The van der Waals surface area contributed by atoms with Crippen LogP contribution in [0.4, 0.5) is 5.69 Å². The van der Waals surface area contributed by atoms with Crippen molar-refractivity contribution in [3.05, 3.63) is 53.7 Å². The number of nitrogens with one attached hydrogen (secondary N) is 2. The molecule has 0 saturated carbocycles. The molecular weight excluding hydrogens is 366 g/mol. The van der Waals surface area contributed by atoms with E-state index in [0.717, 1.165) is 60.4 Å². The van der Waals surface area contributed by atoms with Gasteiger partial charge in [-0.1, -0.05) is 12.1 Å². The average Bonchev–Trinajstić information content (AvgIpc) is 3.16. The molecule has 1 aromatic heterocycles. The van der Waals surface area contributed by atoms with Gasteiger partial charge in [-0.3, -0.25) is 14.8 Å². The van der Waals surface area contributed by atoms with Crippen molar-refractivity contribution in [3.63, 3.8) is 0 Å². The first-order chi connectivity index (χ1) is 14.1. The van der Waals surface area contributed by atoms with Gasteiger partial charge in [-0.25, -0.2) is 0 Å². The number of rotatable bonds is 7. The number of anilines is 1. The second kappa shape index (κ2) is 8.53. The zero-order chi connectivity index (χ0) is 20.2. The molecule has 0 spiro atoms. The first-order valence-corrected chi connectivity index (χ1v) is 9.99. The summed E-state index contributed by atoms with van der Waals surface area (Å²) in [6, 6.07) is 12.9. The van der Waals surface area contributed by atoms with Gasteiger partial charge in [0.15, 0.2) is 6.61 Å². The van der Waals surface area contributed by atoms with Gasteiger partial charge >= 0.3 is 0 Å². The number of aromatic amines is 1. The molecule has 2 aromatic carbocycles. The third-order valence-corrected chi connectivity index (χ3v) is 5.35. The van der Waals surface area contributed by atoms with Crippen molar-refractivity contribution < 1.29 is 9.53 Å². The lowest BCUT2D eigenvalue weighted by Crippen LogP contribution is -2.41. The molecule has 1 aliphatic rings. The van der Waals surface area contributed by atoms with Crippen LogP contribution in [0.2, 0.25) is 0 Å². The molecule has 7 heteroatoms. The third-order valence-electron chi connectivity index (χ3n) is 5.35. The van der Waals surface area contributed by atoms with Gasteiger partial charge in [0.2, 0.25) is 0 Å². The van der Waals surface area contributed by atoms with E-state index in [1.807, 2.05) is 25.3 Å². The number of fused-ring (bicyclic) bond motifs is 1. The average molecular weight is 393 g/mol. The highest BCUT2D eigenvalue weighted by Crippen LogP contribution is 2.24. The fourth-order valence-corrected chi connectivity index (χ4v) is 3.89. The predicted octanol–water partition coefficient (Wildman–Crippen LogP) is 2.81. The number of hydrogen-bond acceptors (Lipinski definition) is 5. The number of H-pyrrole nitrogens is 1. The summed E-state index contributed by atoms with van der Waals surface area (Å²) < 4.78 is 5.54. The summed E-state index contributed by atoms with van der Waals surface area (Å²) in [4.78, 5) is 13.5. The molecule has 1 fully saturated rings. The number of carbonyl (C=O) groups is 1. The largest absolute Gasteiger partial charge is 0.484 e. The Morgan fingerprint density at radius 1 is 1.34 bits per heavy atom. The van der Waals surface area contributed by atoms with E-state index in [0.29, 0.717) is 6.04 Å². The summed E-state index contributed by atoms with van der Waals surface area (Å²) in [7, 11) is 0. The van der Waals surface area contributed by atoms with Gasteiger partial charge in [-0.15, -0.1) is 0 Å². The van der Waals surface area contributed by atoms with Gasteiger partial charge in [0, 0.05) is 30.2 Å². The number of hydrogen-bond donors (Lipinski definition) is 3. The lowest BCUT2D eigenvalue weighted by atomic mass is 10.0. The first-order valence-electron chi connectivity index (χ1n) is 9.99. The highest BCUT2D eigenvalue weighted by atomic mass is 16.5. The van der Waals surface area contributed by atoms with Crippen LogP contribution >= 0.6 is 0 Å². The van der Waals surface area contributed by atoms with E-state index >= 15 is 0 Å². The zero-order valence-corrected chi connectivity index (χ0v) is 16.6. The molecule has 0 bridgehead atoms. The smallest absolute Gasteiger partial charge is 0.255 e. The number of nitrogens with zero attached hydrogens (tertiary/aromatic N) is 2. The molecule has 0 aliphatic carbocycles. The van der Waals surface area contributed by atoms with Crippen molar-refractivity contribution in [3.8, 4) is 5.75 Å². The van der Waals surface area contributed by atoms with Crippen LogP contribution in [0.25, 0.3) is 10.9 Å². The Morgan fingerprint density at radius 3 is 3.10 bits per heavy atom. The highest BCUT2D eigenvalue weighted by molar-refractivity contribution is 5.81.